The molecule has 1 N–H and O–H groups in total. The molecule has 1 amide bonds. The average Bonchev–Trinajstić information content (AvgIpc) is 2.84. The zero-order chi connectivity index (χ0) is 15.7. The van der Waals surface area contributed by atoms with Gasteiger partial charge in [-0.15, -0.1) is 0 Å². The summed E-state index contributed by atoms with van der Waals surface area (Å²) in [5.74, 6) is -0.171. The quantitative estimate of drug-likeness (QED) is 0.927. The van der Waals surface area contributed by atoms with E-state index in [-0.39, 0.29) is 17.6 Å². The van der Waals surface area contributed by atoms with Crippen molar-refractivity contribution in [1.82, 2.24) is 10.2 Å². The lowest BCUT2D eigenvalue weighted by Gasteiger charge is -2.36. The normalized spacial score (nSPS) is 28.4. The van der Waals surface area contributed by atoms with Gasteiger partial charge >= 0.3 is 0 Å². The summed E-state index contributed by atoms with van der Waals surface area (Å²) in [6.07, 6.45) is 5.19. The van der Waals surface area contributed by atoms with Crippen molar-refractivity contribution in [1.29, 1.82) is 0 Å². The van der Waals surface area contributed by atoms with Gasteiger partial charge in [0.2, 0.25) is 5.91 Å². The molecule has 3 atom stereocenters. The maximum Gasteiger partial charge on any atom is 0.225 e. The molecule has 2 aliphatic heterocycles. The van der Waals surface area contributed by atoms with Gasteiger partial charge in [-0.2, -0.15) is 0 Å². The molecule has 0 radical (unpaired) electrons. The van der Waals surface area contributed by atoms with Gasteiger partial charge in [0, 0.05) is 31.1 Å². The predicted octanol–water partition coefficient (Wildman–Crippen LogP) is 2.75. The first-order valence-electron chi connectivity index (χ1n) is 8.30. The van der Waals surface area contributed by atoms with Gasteiger partial charge in [0.05, 0.1) is 0 Å². The summed E-state index contributed by atoms with van der Waals surface area (Å²) < 4.78 is 13.3. The number of benzene rings is 1. The fourth-order valence-electron chi connectivity index (χ4n) is 3.98. The largest absolute Gasteiger partial charge is 0.342 e. The van der Waals surface area contributed by atoms with Gasteiger partial charge in [0.15, 0.2) is 0 Å². The zero-order valence-electron chi connectivity index (χ0n) is 13.4. The standard InChI is InChI=1S/C18H25FN2O/c1-12(8-13-4-3-5-14(19)9-13)18(22)21(2)17-10-15-6-7-16(11-17)20-15/h3-5,9,12,15-17,20H,6-8,10-11H2,1-2H3. The van der Waals surface area contributed by atoms with Crippen molar-refractivity contribution in [2.75, 3.05) is 7.05 Å². The van der Waals surface area contributed by atoms with Crippen LogP contribution in [0.2, 0.25) is 0 Å². The number of carbonyl (C=O) groups is 1. The SMILES string of the molecule is CC(Cc1cccc(F)c1)C(=O)N(C)C1CC2CCC(C1)N2. The van der Waals surface area contributed by atoms with Crippen molar-refractivity contribution in [3.8, 4) is 0 Å². The molecule has 2 fully saturated rings. The Kier molecular flexibility index (Phi) is 4.48. The number of rotatable bonds is 4. The number of hydrogen-bond donors (Lipinski definition) is 1. The van der Waals surface area contributed by atoms with Crippen molar-refractivity contribution < 1.29 is 9.18 Å². The molecule has 0 saturated carbocycles. The lowest BCUT2D eigenvalue weighted by molar-refractivity contribution is -0.136. The second kappa shape index (κ2) is 6.37. The van der Waals surface area contributed by atoms with Crippen LogP contribution in [0.1, 0.15) is 38.2 Å². The minimum atomic E-state index is -0.236. The van der Waals surface area contributed by atoms with Gasteiger partial charge in [0.1, 0.15) is 5.82 Å². The van der Waals surface area contributed by atoms with E-state index in [0.29, 0.717) is 24.5 Å². The van der Waals surface area contributed by atoms with E-state index < -0.39 is 0 Å². The average molecular weight is 304 g/mol. The number of hydrogen-bond acceptors (Lipinski definition) is 2. The molecule has 1 aromatic carbocycles. The minimum Gasteiger partial charge on any atom is -0.342 e. The summed E-state index contributed by atoms with van der Waals surface area (Å²) in [7, 11) is 1.93. The lowest BCUT2D eigenvalue weighted by atomic mass is 9.95. The molecule has 0 aliphatic carbocycles. The third kappa shape index (κ3) is 3.32. The topological polar surface area (TPSA) is 32.3 Å². The van der Waals surface area contributed by atoms with Crippen LogP contribution in [-0.4, -0.2) is 36.0 Å². The molecular weight excluding hydrogens is 279 g/mol. The van der Waals surface area contributed by atoms with Gasteiger partial charge in [-0.1, -0.05) is 19.1 Å². The van der Waals surface area contributed by atoms with E-state index in [1.807, 2.05) is 24.9 Å². The Bertz CT molecular complexity index is 536. The van der Waals surface area contributed by atoms with E-state index in [0.717, 1.165) is 18.4 Å². The Morgan fingerprint density at radius 2 is 2.05 bits per heavy atom. The molecule has 4 heteroatoms. The molecule has 3 rings (SSSR count). The Morgan fingerprint density at radius 3 is 2.68 bits per heavy atom. The van der Waals surface area contributed by atoms with Crippen molar-refractivity contribution in [3.63, 3.8) is 0 Å². The van der Waals surface area contributed by atoms with Gasteiger partial charge in [0.25, 0.3) is 0 Å². The van der Waals surface area contributed by atoms with Crippen molar-refractivity contribution >= 4 is 5.91 Å². The molecule has 0 spiro atoms. The Morgan fingerprint density at radius 1 is 1.36 bits per heavy atom. The van der Waals surface area contributed by atoms with Gasteiger partial charge in [-0.3, -0.25) is 4.79 Å². The molecule has 2 bridgehead atoms. The minimum absolute atomic E-state index is 0.112. The molecule has 1 aromatic rings. The Labute approximate surface area is 131 Å². The molecule has 2 heterocycles. The first kappa shape index (κ1) is 15.5. The first-order valence-corrected chi connectivity index (χ1v) is 8.30. The van der Waals surface area contributed by atoms with Crippen LogP contribution in [0.4, 0.5) is 4.39 Å². The molecule has 22 heavy (non-hydrogen) atoms. The number of nitrogens with zero attached hydrogens (tertiary/aromatic N) is 1. The summed E-state index contributed by atoms with van der Waals surface area (Å²) in [5.41, 5.74) is 0.889. The third-order valence-corrected chi connectivity index (χ3v) is 5.20. The van der Waals surface area contributed by atoms with Crippen molar-refractivity contribution in [3.05, 3.63) is 35.6 Å². The predicted molar refractivity (Wildman–Crippen MR) is 85.0 cm³/mol. The molecule has 2 aliphatic rings. The van der Waals surface area contributed by atoms with Crippen molar-refractivity contribution in [2.45, 2.75) is 57.2 Å². The number of amides is 1. The molecule has 0 aromatic heterocycles. The van der Waals surface area contributed by atoms with E-state index in [1.54, 1.807) is 6.07 Å². The molecule has 120 valence electrons. The van der Waals surface area contributed by atoms with Crippen molar-refractivity contribution in [2.24, 2.45) is 5.92 Å². The molecule has 2 saturated heterocycles. The fourth-order valence-corrected chi connectivity index (χ4v) is 3.98. The Balaban J connectivity index is 1.60. The van der Waals surface area contributed by atoms with E-state index in [1.165, 1.54) is 25.0 Å². The van der Waals surface area contributed by atoms with Crippen LogP contribution in [-0.2, 0) is 11.2 Å². The number of piperidine rings is 1. The van der Waals surface area contributed by atoms with Gasteiger partial charge < -0.3 is 10.2 Å². The second-order valence-electron chi connectivity index (χ2n) is 6.95. The number of carbonyl (C=O) groups excluding carboxylic acids is 1. The van der Waals surface area contributed by atoms with Crippen LogP contribution in [0.25, 0.3) is 0 Å². The van der Waals surface area contributed by atoms with Gasteiger partial charge in [-0.05, 0) is 49.8 Å². The monoisotopic (exact) mass is 304 g/mol. The highest BCUT2D eigenvalue weighted by Gasteiger charge is 2.37. The van der Waals surface area contributed by atoms with Crippen LogP contribution in [0, 0.1) is 11.7 Å². The van der Waals surface area contributed by atoms with Gasteiger partial charge in [-0.25, -0.2) is 4.39 Å². The van der Waals surface area contributed by atoms with E-state index in [2.05, 4.69) is 5.32 Å². The third-order valence-electron chi connectivity index (χ3n) is 5.20. The highest BCUT2D eigenvalue weighted by Crippen LogP contribution is 2.30. The lowest BCUT2D eigenvalue weighted by Crippen LogP contribution is -2.50. The number of fused-ring (bicyclic) bond motifs is 2. The zero-order valence-corrected chi connectivity index (χ0v) is 13.4. The summed E-state index contributed by atoms with van der Waals surface area (Å²) >= 11 is 0. The molecular formula is C18H25FN2O. The highest BCUT2D eigenvalue weighted by atomic mass is 19.1. The molecule has 3 nitrogen and oxygen atoms in total. The van der Waals surface area contributed by atoms with Crippen LogP contribution < -0.4 is 5.32 Å². The van der Waals surface area contributed by atoms with E-state index >= 15 is 0 Å². The van der Waals surface area contributed by atoms with Crippen LogP contribution in [0.5, 0.6) is 0 Å². The van der Waals surface area contributed by atoms with E-state index in [9.17, 15) is 9.18 Å². The summed E-state index contributed by atoms with van der Waals surface area (Å²) in [4.78, 5) is 14.6. The maximum atomic E-state index is 13.3. The van der Waals surface area contributed by atoms with Crippen LogP contribution >= 0.6 is 0 Å². The first-order chi connectivity index (χ1) is 10.5. The fraction of sp³-hybridized carbons (Fsp3) is 0.611. The summed E-state index contributed by atoms with van der Waals surface area (Å²) in [6, 6.07) is 8.06. The number of nitrogens with one attached hydrogen (secondary N) is 1. The Hall–Kier alpha value is -1.42. The van der Waals surface area contributed by atoms with Crippen LogP contribution in [0.15, 0.2) is 24.3 Å². The van der Waals surface area contributed by atoms with E-state index in [4.69, 9.17) is 0 Å². The second-order valence-corrected chi connectivity index (χ2v) is 6.95. The summed E-state index contributed by atoms with van der Waals surface area (Å²) in [6.45, 7) is 1.94. The van der Waals surface area contributed by atoms with Crippen LogP contribution in [0.3, 0.4) is 0 Å². The maximum absolute atomic E-state index is 13.3. The highest BCUT2D eigenvalue weighted by molar-refractivity contribution is 5.78. The number of halogens is 1. The smallest absolute Gasteiger partial charge is 0.225 e. The molecule has 3 unspecified atom stereocenters. The summed E-state index contributed by atoms with van der Waals surface area (Å²) in [5, 5.41) is 3.61.